The van der Waals surface area contributed by atoms with Crippen molar-refractivity contribution in [1.29, 1.82) is 0 Å². The molecule has 8 nitrogen and oxygen atoms in total. The molecule has 1 aromatic rings. The largest absolute Gasteiger partial charge is 0.496 e. The number of methoxy groups -OCH3 is 3. The summed E-state index contributed by atoms with van der Waals surface area (Å²) in [7, 11) is -0.182. The van der Waals surface area contributed by atoms with E-state index in [2.05, 4.69) is 4.72 Å². The van der Waals surface area contributed by atoms with Gasteiger partial charge in [-0.15, -0.1) is 0 Å². The zero-order valence-electron chi connectivity index (χ0n) is 14.3. The van der Waals surface area contributed by atoms with Gasteiger partial charge in [0.1, 0.15) is 23.3 Å². The summed E-state index contributed by atoms with van der Waals surface area (Å²) < 4.78 is 43.0. The van der Waals surface area contributed by atoms with Gasteiger partial charge < -0.3 is 19.3 Å². The van der Waals surface area contributed by atoms with Gasteiger partial charge in [0, 0.05) is 12.1 Å². The summed E-state index contributed by atoms with van der Waals surface area (Å²) in [6, 6.07) is 1.50. The molecule has 0 unspecified atom stereocenters. The molecule has 136 valence electrons. The van der Waals surface area contributed by atoms with Gasteiger partial charge in [-0.2, -0.15) is 4.72 Å². The maximum Gasteiger partial charge on any atom is 0.322 e. The Bertz CT molecular complexity index is 662. The van der Waals surface area contributed by atoms with E-state index in [0.29, 0.717) is 12.2 Å². The second-order valence-electron chi connectivity index (χ2n) is 5.18. The van der Waals surface area contributed by atoms with E-state index in [1.54, 1.807) is 13.8 Å². The van der Waals surface area contributed by atoms with Crippen molar-refractivity contribution in [3.05, 3.63) is 12.1 Å². The molecule has 2 atom stereocenters. The molecular weight excluding hydrogens is 338 g/mol. The lowest BCUT2D eigenvalue weighted by Gasteiger charge is -2.22. The van der Waals surface area contributed by atoms with Crippen LogP contribution in [-0.4, -0.2) is 46.9 Å². The summed E-state index contributed by atoms with van der Waals surface area (Å²) in [5.74, 6) is -1.31. The minimum absolute atomic E-state index is 0.00742. The Morgan fingerprint density at radius 3 is 2.00 bits per heavy atom. The molecule has 0 spiro atoms. The first-order valence-corrected chi connectivity index (χ1v) is 8.75. The van der Waals surface area contributed by atoms with Crippen molar-refractivity contribution in [2.45, 2.75) is 31.2 Å². The van der Waals surface area contributed by atoms with Crippen LogP contribution in [0.2, 0.25) is 0 Å². The molecule has 0 heterocycles. The standard InChI is InChI=1S/C15H23NO7S/c1-6-9(2)13(15(17)18)16-24(19,20)14-11(22-4)7-10(21-3)8-12(14)23-5/h7-9,13,16H,6H2,1-5H3,(H,17,18)/t9-,13-/m0/s1. The van der Waals surface area contributed by atoms with Gasteiger partial charge in [-0.05, 0) is 5.92 Å². The molecule has 1 aromatic carbocycles. The van der Waals surface area contributed by atoms with Crippen LogP contribution in [-0.2, 0) is 14.8 Å². The highest BCUT2D eigenvalue weighted by Gasteiger charge is 2.33. The second kappa shape index (κ2) is 8.20. The van der Waals surface area contributed by atoms with E-state index in [9.17, 15) is 18.3 Å². The monoisotopic (exact) mass is 361 g/mol. The maximum absolute atomic E-state index is 12.8. The number of rotatable bonds is 9. The molecule has 9 heteroatoms. The van der Waals surface area contributed by atoms with Crippen LogP contribution in [0.1, 0.15) is 20.3 Å². The molecule has 0 aliphatic carbocycles. The molecule has 0 bridgehead atoms. The number of nitrogens with one attached hydrogen (secondary N) is 1. The van der Waals surface area contributed by atoms with Crippen molar-refractivity contribution in [1.82, 2.24) is 4.72 Å². The molecule has 0 aliphatic heterocycles. The number of carboxylic acids is 1. The number of ether oxygens (including phenoxy) is 3. The van der Waals surface area contributed by atoms with Crippen LogP contribution in [0.3, 0.4) is 0 Å². The summed E-state index contributed by atoms with van der Waals surface area (Å²) in [5, 5.41) is 9.31. The first kappa shape index (κ1) is 20.0. The molecule has 0 aliphatic rings. The minimum Gasteiger partial charge on any atom is -0.496 e. The van der Waals surface area contributed by atoms with Gasteiger partial charge in [-0.1, -0.05) is 20.3 Å². The minimum atomic E-state index is -4.21. The summed E-state index contributed by atoms with van der Waals surface area (Å²) in [5.41, 5.74) is 0. The Labute approximate surface area is 141 Å². The molecule has 2 N–H and O–H groups in total. The first-order chi connectivity index (χ1) is 11.2. The lowest BCUT2D eigenvalue weighted by Crippen LogP contribution is -2.45. The van der Waals surface area contributed by atoms with Gasteiger partial charge in [0.2, 0.25) is 10.0 Å². The Morgan fingerprint density at radius 2 is 1.67 bits per heavy atom. The molecule has 24 heavy (non-hydrogen) atoms. The Balaban J connectivity index is 3.43. The third kappa shape index (κ3) is 4.30. The molecule has 0 saturated carbocycles. The predicted molar refractivity (Wildman–Crippen MR) is 87.3 cm³/mol. The SMILES string of the molecule is CC[C@H](C)[C@H](NS(=O)(=O)c1c(OC)cc(OC)cc1OC)C(=O)O. The van der Waals surface area contributed by atoms with E-state index in [1.807, 2.05) is 0 Å². The summed E-state index contributed by atoms with van der Waals surface area (Å²) in [6.45, 7) is 3.44. The van der Waals surface area contributed by atoms with Crippen LogP contribution in [0.25, 0.3) is 0 Å². The number of carbonyl (C=O) groups is 1. The topological polar surface area (TPSA) is 111 Å². The van der Waals surface area contributed by atoms with Crippen molar-refractivity contribution in [2.24, 2.45) is 5.92 Å². The normalized spacial score (nSPS) is 13.9. The van der Waals surface area contributed by atoms with Crippen LogP contribution in [0.4, 0.5) is 0 Å². The van der Waals surface area contributed by atoms with Gasteiger partial charge in [0.25, 0.3) is 0 Å². The van der Waals surface area contributed by atoms with Gasteiger partial charge in [-0.3, -0.25) is 4.79 Å². The molecule has 0 amide bonds. The first-order valence-electron chi connectivity index (χ1n) is 7.26. The van der Waals surface area contributed by atoms with Gasteiger partial charge in [0.15, 0.2) is 4.90 Å². The highest BCUT2D eigenvalue weighted by molar-refractivity contribution is 7.89. The third-order valence-corrected chi connectivity index (χ3v) is 5.20. The fraction of sp³-hybridized carbons (Fsp3) is 0.533. The quantitative estimate of drug-likeness (QED) is 0.685. The van der Waals surface area contributed by atoms with Crippen molar-refractivity contribution >= 4 is 16.0 Å². The number of carboxylic acid groups (broad SMARTS) is 1. The van der Waals surface area contributed by atoms with E-state index in [4.69, 9.17) is 14.2 Å². The Kier molecular flexibility index (Phi) is 6.85. The average Bonchev–Trinajstić information content (AvgIpc) is 2.57. The zero-order chi connectivity index (χ0) is 18.5. The van der Waals surface area contributed by atoms with E-state index in [0.717, 1.165) is 0 Å². The fourth-order valence-corrected chi connectivity index (χ4v) is 3.71. The van der Waals surface area contributed by atoms with Gasteiger partial charge in [0.05, 0.1) is 21.3 Å². The lowest BCUT2D eigenvalue weighted by atomic mass is 10.0. The van der Waals surface area contributed by atoms with Crippen LogP contribution in [0.15, 0.2) is 17.0 Å². The van der Waals surface area contributed by atoms with Crippen LogP contribution in [0.5, 0.6) is 17.2 Å². The van der Waals surface area contributed by atoms with Crippen LogP contribution >= 0.6 is 0 Å². The number of benzene rings is 1. The van der Waals surface area contributed by atoms with Crippen molar-refractivity contribution in [2.75, 3.05) is 21.3 Å². The van der Waals surface area contributed by atoms with E-state index >= 15 is 0 Å². The van der Waals surface area contributed by atoms with E-state index in [1.165, 1.54) is 33.5 Å². The molecule has 1 rings (SSSR count). The molecule has 0 radical (unpaired) electrons. The highest BCUT2D eigenvalue weighted by Crippen LogP contribution is 2.37. The zero-order valence-corrected chi connectivity index (χ0v) is 15.1. The Hall–Kier alpha value is -2.00. The lowest BCUT2D eigenvalue weighted by molar-refractivity contribution is -0.140. The number of hydrogen-bond donors (Lipinski definition) is 2. The van der Waals surface area contributed by atoms with E-state index in [-0.39, 0.29) is 16.4 Å². The van der Waals surface area contributed by atoms with Gasteiger partial charge in [-0.25, -0.2) is 8.42 Å². The molecule has 0 aromatic heterocycles. The fourth-order valence-electron chi connectivity index (χ4n) is 2.11. The predicted octanol–water partition coefficient (Wildman–Crippen LogP) is 1.49. The van der Waals surface area contributed by atoms with E-state index < -0.39 is 28.0 Å². The number of hydrogen-bond acceptors (Lipinski definition) is 6. The third-order valence-electron chi connectivity index (χ3n) is 3.70. The van der Waals surface area contributed by atoms with Crippen molar-refractivity contribution in [3.8, 4) is 17.2 Å². The van der Waals surface area contributed by atoms with Crippen molar-refractivity contribution < 1.29 is 32.5 Å². The number of aliphatic carboxylic acids is 1. The second-order valence-corrected chi connectivity index (χ2v) is 6.83. The number of sulfonamides is 1. The van der Waals surface area contributed by atoms with Gasteiger partial charge >= 0.3 is 5.97 Å². The van der Waals surface area contributed by atoms with Crippen LogP contribution < -0.4 is 18.9 Å². The van der Waals surface area contributed by atoms with Crippen LogP contribution in [0, 0.1) is 5.92 Å². The smallest absolute Gasteiger partial charge is 0.322 e. The molecular formula is C15H23NO7S. The summed E-state index contributed by atoms with van der Waals surface area (Å²) in [6.07, 6.45) is 0.496. The maximum atomic E-state index is 12.8. The average molecular weight is 361 g/mol. The molecule has 0 saturated heterocycles. The highest BCUT2D eigenvalue weighted by atomic mass is 32.2. The van der Waals surface area contributed by atoms with Crippen molar-refractivity contribution in [3.63, 3.8) is 0 Å². The summed E-state index contributed by atoms with van der Waals surface area (Å²) in [4.78, 5) is 11.1. The Morgan fingerprint density at radius 1 is 1.17 bits per heavy atom. The summed E-state index contributed by atoms with van der Waals surface area (Å²) >= 11 is 0. The molecule has 0 fully saturated rings.